The van der Waals surface area contributed by atoms with E-state index < -0.39 is 5.97 Å². The van der Waals surface area contributed by atoms with E-state index in [-0.39, 0.29) is 84.3 Å². The molecule has 296 valence electrons. The van der Waals surface area contributed by atoms with E-state index in [9.17, 15) is 38.7 Å². The molecule has 0 spiro atoms. The van der Waals surface area contributed by atoms with Gasteiger partial charge in [-0.1, -0.05) is 25.3 Å². The van der Waals surface area contributed by atoms with Crippen LogP contribution in [0.25, 0.3) is 0 Å². The van der Waals surface area contributed by atoms with Crippen LogP contribution in [0, 0.1) is 0 Å². The van der Waals surface area contributed by atoms with Crippen LogP contribution < -0.4 is 26.6 Å². The molecule has 1 aromatic carbocycles. The van der Waals surface area contributed by atoms with Crippen molar-refractivity contribution in [2.24, 2.45) is 0 Å². The van der Waals surface area contributed by atoms with Gasteiger partial charge in [-0.15, -0.1) is 0 Å². The average molecular weight is 786 g/mol. The predicted octanol–water partition coefficient (Wildman–Crippen LogP) is 4.48. The molecule has 4 aliphatic rings. The average Bonchev–Trinajstić information content (AvgIpc) is 3.88. The topological polar surface area (TPSA) is 200 Å². The highest BCUT2D eigenvalue weighted by molar-refractivity contribution is 8.00. The second-order valence-electron chi connectivity index (χ2n) is 15.1. The Morgan fingerprint density at radius 2 is 1.09 bits per heavy atom. The molecule has 4 saturated heterocycles. The number of carboxylic acids is 1. The first kappa shape index (κ1) is 41.6. The van der Waals surface area contributed by atoms with Gasteiger partial charge in [0.05, 0.1) is 29.7 Å². The number of hydrogen-bond donors (Lipinski definition) is 6. The van der Waals surface area contributed by atoms with E-state index in [1.165, 1.54) is 12.1 Å². The number of fused-ring (bicyclic) bond motifs is 2. The molecule has 0 saturated carbocycles. The molecular formula is C39H55N5O8S2. The standard InChI is InChI=1S/C39H55N5O8S2/c45-27(10-4-5-13-32-35-30(22-53-32)41-38(51)43-35)9-2-1-3-11-28(46)20-24-17-25(19-26(18-24)37(49)50)21-29(47)12-8-16-40-34(48)15-7-6-14-33-36-31(23-54-33)42-39(52)44-36/h17-19,30-33,35-36H,1-16,20-23H2,(H,40,48)(H,49,50)(H2,41,43,51)(H2,42,44,52). The molecule has 4 fully saturated rings. The van der Waals surface area contributed by atoms with Gasteiger partial charge in [0.25, 0.3) is 0 Å². The third-order valence-electron chi connectivity index (χ3n) is 10.7. The Balaban J connectivity index is 0.898. The Morgan fingerprint density at radius 3 is 1.63 bits per heavy atom. The quantitative estimate of drug-likeness (QED) is 0.0607. The van der Waals surface area contributed by atoms with Gasteiger partial charge in [-0.2, -0.15) is 23.5 Å². The van der Waals surface area contributed by atoms with Crippen molar-refractivity contribution in [3.63, 3.8) is 0 Å². The van der Waals surface area contributed by atoms with Gasteiger partial charge in [0, 0.05) is 73.5 Å². The van der Waals surface area contributed by atoms with Crippen molar-refractivity contribution < 1.29 is 38.7 Å². The van der Waals surface area contributed by atoms with Crippen molar-refractivity contribution in [1.82, 2.24) is 26.6 Å². The zero-order valence-corrected chi connectivity index (χ0v) is 32.6. The minimum Gasteiger partial charge on any atom is -0.478 e. The molecule has 6 unspecified atom stereocenters. The van der Waals surface area contributed by atoms with Gasteiger partial charge in [-0.05, 0) is 68.2 Å². The molecular weight excluding hydrogens is 731 g/mol. The minimum absolute atomic E-state index is 0.0109. The van der Waals surface area contributed by atoms with E-state index in [0.717, 1.165) is 62.9 Å². The molecule has 13 nitrogen and oxygen atoms in total. The van der Waals surface area contributed by atoms with Crippen LogP contribution in [0.1, 0.15) is 118 Å². The summed E-state index contributed by atoms with van der Waals surface area (Å²) < 4.78 is 0. The summed E-state index contributed by atoms with van der Waals surface area (Å²) in [6, 6.07) is 5.29. The Morgan fingerprint density at radius 1 is 0.611 bits per heavy atom. The fraction of sp³-hybridized carbons (Fsp3) is 0.667. The number of aromatic carboxylic acids is 1. The number of rotatable bonds is 25. The number of unbranched alkanes of at least 4 members (excludes halogenated alkanes) is 4. The number of urea groups is 2. The van der Waals surface area contributed by atoms with Crippen LogP contribution in [0.3, 0.4) is 0 Å². The van der Waals surface area contributed by atoms with Crippen LogP contribution in [0.2, 0.25) is 0 Å². The van der Waals surface area contributed by atoms with E-state index in [4.69, 9.17) is 0 Å². The third-order valence-corrected chi connectivity index (χ3v) is 13.7. The number of benzene rings is 1. The van der Waals surface area contributed by atoms with Crippen molar-refractivity contribution in [3.8, 4) is 0 Å². The lowest BCUT2D eigenvalue weighted by atomic mass is 9.96. The van der Waals surface area contributed by atoms with E-state index in [1.807, 2.05) is 23.5 Å². The summed E-state index contributed by atoms with van der Waals surface area (Å²) in [4.78, 5) is 85.0. The van der Waals surface area contributed by atoms with Crippen molar-refractivity contribution in [2.45, 2.75) is 144 Å². The molecule has 4 aliphatic heterocycles. The molecule has 54 heavy (non-hydrogen) atoms. The third kappa shape index (κ3) is 13.0. The summed E-state index contributed by atoms with van der Waals surface area (Å²) in [5, 5.41) is 25.2. The fourth-order valence-corrected chi connectivity index (χ4v) is 10.9. The van der Waals surface area contributed by atoms with E-state index >= 15 is 0 Å². The van der Waals surface area contributed by atoms with E-state index in [1.54, 1.807) is 6.07 Å². The number of carbonyl (C=O) groups excluding carboxylic acids is 6. The summed E-state index contributed by atoms with van der Waals surface area (Å²) in [7, 11) is 0. The number of ketones is 3. The van der Waals surface area contributed by atoms with E-state index in [2.05, 4.69) is 26.6 Å². The SMILES string of the molecule is O=C(CCCCCC(=O)Cc1cc(CC(=O)CCCNC(=O)CCCCC2SCC3NC(=O)NC32)cc(C(=O)O)c1)CCCCC1SCC2NC(=O)NC21. The molecule has 4 heterocycles. The monoisotopic (exact) mass is 785 g/mol. The molecule has 1 aromatic rings. The lowest BCUT2D eigenvalue weighted by Crippen LogP contribution is -2.36. The highest BCUT2D eigenvalue weighted by atomic mass is 32.2. The number of carbonyl (C=O) groups is 7. The number of Topliss-reactive ketones (excluding diaryl/α,β-unsaturated/α-hetero) is 3. The lowest BCUT2D eigenvalue weighted by molar-refractivity contribution is -0.122. The highest BCUT2D eigenvalue weighted by Crippen LogP contribution is 2.34. The van der Waals surface area contributed by atoms with Crippen LogP contribution in [0.15, 0.2) is 18.2 Å². The first-order valence-electron chi connectivity index (χ1n) is 19.6. The molecule has 0 radical (unpaired) electrons. The van der Waals surface area contributed by atoms with Crippen LogP contribution in [-0.4, -0.2) is 99.1 Å². The molecule has 5 amide bonds. The van der Waals surface area contributed by atoms with Crippen molar-refractivity contribution in [2.75, 3.05) is 18.1 Å². The fourth-order valence-electron chi connectivity index (χ4n) is 7.85. The Hall–Kier alpha value is -3.59. The van der Waals surface area contributed by atoms with Crippen LogP contribution >= 0.6 is 23.5 Å². The summed E-state index contributed by atoms with van der Waals surface area (Å²) in [5.74, 6) is 0.841. The molecule has 15 heteroatoms. The van der Waals surface area contributed by atoms with Gasteiger partial charge in [0.1, 0.15) is 17.3 Å². The maximum atomic E-state index is 12.8. The second-order valence-corrected chi connectivity index (χ2v) is 17.6. The smallest absolute Gasteiger partial charge is 0.335 e. The number of hydrogen-bond acceptors (Lipinski definition) is 9. The molecule has 0 bridgehead atoms. The minimum atomic E-state index is -1.12. The first-order chi connectivity index (χ1) is 26.0. The molecule has 6 atom stereocenters. The highest BCUT2D eigenvalue weighted by Gasteiger charge is 2.43. The summed E-state index contributed by atoms with van der Waals surface area (Å²) >= 11 is 3.75. The predicted molar refractivity (Wildman–Crippen MR) is 209 cm³/mol. The van der Waals surface area contributed by atoms with Gasteiger partial charge in [-0.3, -0.25) is 19.2 Å². The van der Waals surface area contributed by atoms with Crippen molar-refractivity contribution in [3.05, 3.63) is 34.9 Å². The first-order valence-corrected chi connectivity index (χ1v) is 21.7. The van der Waals surface area contributed by atoms with Crippen LogP contribution in [0.5, 0.6) is 0 Å². The summed E-state index contributed by atoms with van der Waals surface area (Å²) in [5.41, 5.74) is 1.16. The Kier molecular flexibility index (Phi) is 16.1. The van der Waals surface area contributed by atoms with Gasteiger partial charge >= 0.3 is 18.0 Å². The van der Waals surface area contributed by atoms with Gasteiger partial charge in [-0.25, -0.2) is 14.4 Å². The van der Waals surface area contributed by atoms with Gasteiger partial charge < -0.3 is 31.7 Å². The van der Waals surface area contributed by atoms with Crippen LogP contribution in [0.4, 0.5) is 9.59 Å². The van der Waals surface area contributed by atoms with E-state index in [0.29, 0.717) is 66.7 Å². The zero-order chi connectivity index (χ0) is 38.5. The normalized spacial score (nSPS) is 23.9. The summed E-state index contributed by atoms with van der Waals surface area (Å²) in [6.07, 6.45) is 10.2. The Labute approximate surface area is 325 Å². The molecule has 0 aromatic heterocycles. The molecule has 5 rings (SSSR count). The van der Waals surface area contributed by atoms with Crippen LogP contribution in [-0.2, 0) is 32.0 Å². The maximum absolute atomic E-state index is 12.8. The molecule has 0 aliphatic carbocycles. The number of carboxylic acid groups (broad SMARTS) is 1. The zero-order valence-electron chi connectivity index (χ0n) is 31.0. The summed E-state index contributed by atoms with van der Waals surface area (Å²) in [6.45, 7) is 0.384. The number of nitrogens with one attached hydrogen (secondary N) is 5. The molecule has 6 N–H and O–H groups in total. The van der Waals surface area contributed by atoms with Gasteiger partial charge in [0.2, 0.25) is 5.91 Å². The number of amides is 5. The Bertz CT molecular complexity index is 1540. The largest absolute Gasteiger partial charge is 0.478 e. The van der Waals surface area contributed by atoms with Gasteiger partial charge in [0.15, 0.2) is 0 Å². The van der Waals surface area contributed by atoms with Crippen molar-refractivity contribution >= 4 is 64.8 Å². The number of thioether (sulfide) groups is 2. The lowest BCUT2D eigenvalue weighted by Gasteiger charge is -2.16. The van der Waals surface area contributed by atoms with Crippen molar-refractivity contribution in [1.29, 1.82) is 0 Å². The maximum Gasteiger partial charge on any atom is 0.335 e. The second kappa shape index (κ2) is 20.9.